The molecule has 2 aromatic rings. The van der Waals surface area contributed by atoms with Crippen LogP contribution in [-0.4, -0.2) is 56.6 Å². The van der Waals surface area contributed by atoms with Gasteiger partial charge in [0.05, 0.1) is 18.8 Å². The van der Waals surface area contributed by atoms with E-state index in [0.29, 0.717) is 6.42 Å². The monoisotopic (exact) mass is 394 g/mol. The summed E-state index contributed by atoms with van der Waals surface area (Å²) >= 11 is 0. The predicted molar refractivity (Wildman–Crippen MR) is 120 cm³/mol. The highest BCUT2D eigenvalue weighted by atomic mass is 16.5. The lowest BCUT2D eigenvalue weighted by atomic mass is 9.72. The van der Waals surface area contributed by atoms with E-state index in [1.807, 2.05) is 44.4 Å². The SMILES string of the molecule is CCC(C)C(Cc1ccccc1)(C(=O)c1ccc(N2CCOCC2)cc1)N(C)C. The summed E-state index contributed by atoms with van der Waals surface area (Å²) in [5.74, 6) is 0.429. The highest BCUT2D eigenvalue weighted by Crippen LogP contribution is 2.34. The molecule has 1 saturated heterocycles. The molecule has 0 spiro atoms. The average molecular weight is 395 g/mol. The van der Waals surface area contributed by atoms with Crippen LogP contribution >= 0.6 is 0 Å². The lowest BCUT2D eigenvalue weighted by molar-refractivity contribution is 0.0502. The Morgan fingerprint density at radius 2 is 1.69 bits per heavy atom. The Bertz CT molecular complexity index is 782. The van der Waals surface area contributed by atoms with E-state index in [4.69, 9.17) is 4.74 Å². The fraction of sp³-hybridized carbons (Fsp3) is 0.480. The third-order valence-electron chi connectivity index (χ3n) is 6.44. The lowest BCUT2D eigenvalue weighted by Crippen LogP contribution is -2.57. The van der Waals surface area contributed by atoms with Crippen molar-refractivity contribution in [3.8, 4) is 0 Å². The van der Waals surface area contributed by atoms with Crippen molar-refractivity contribution in [3.05, 3.63) is 65.7 Å². The molecule has 2 unspecified atom stereocenters. The van der Waals surface area contributed by atoms with Crippen molar-refractivity contribution >= 4 is 11.5 Å². The average Bonchev–Trinajstić information content (AvgIpc) is 2.77. The molecular formula is C25H34N2O2. The minimum Gasteiger partial charge on any atom is -0.378 e. The van der Waals surface area contributed by atoms with E-state index in [1.54, 1.807) is 0 Å². The van der Waals surface area contributed by atoms with Crippen molar-refractivity contribution in [3.63, 3.8) is 0 Å². The summed E-state index contributed by atoms with van der Waals surface area (Å²) < 4.78 is 5.45. The molecule has 2 aromatic carbocycles. The Balaban J connectivity index is 1.93. The highest BCUT2D eigenvalue weighted by Gasteiger charge is 2.45. The van der Waals surface area contributed by atoms with Crippen LogP contribution in [0.25, 0.3) is 0 Å². The van der Waals surface area contributed by atoms with Crippen LogP contribution in [-0.2, 0) is 11.2 Å². The van der Waals surface area contributed by atoms with Gasteiger partial charge in [0.1, 0.15) is 0 Å². The zero-order valence-electron chi connectivity index (χ0n) is 18.2. The predicted octanol–water partition coefficient (Wildman–Crippen LogP) is 4.30. The first-order valence-corrected chi connectivity index (χ1v) is 10.7. The van der Waals surface area contributed by atoms with Gasteiger partial charge in [0.2, 0.25) is 0 Å². The molecule has 0 saturated carbocycles. The number of ketones is 1. The molecule has 29 heavy (non-hydrogen) atoms. The van der Waals surface area contributed by atoms with Crippen molar-refractivity contribution < 1.29 is 9.53 Å². The summed E-state index contributed by atoms with van der Waals surface area (Å²) in [7, 11) is 4.07. The fourth-order valence-corrected chi connectivity index (χ4v) is 4.42. The molecule has 0 aliphatic carbocycles. The molecule has 0 N–H and O–H groups in total. The van der Waals surface area contributed by atoms with Crippen molar-refractivity contribution in [2.24, 2.45) is 5.92 Å². The zero-order chi connectivity index (χ0) is 20.9. The summed E-state index contributed by atoms with van der Waals surface area (Å²) in [4.78, 5) is 18.4. The molecule has 4 heteroatoms. The van der Waals surface area contributed by atoms with Gasteiger partial charge in [-0.15, -0.1) is 0 Å². The van der Waals surface area contributed by atoms with Gasteiger partial charge in [0.15, 0.2) is 5.78 Å². The summed E-state index contributed by atoms with van der Waals surface area (Å²) in [6.07, 6.45) is 1.66. The minimum atomic E-state index is -0.573. The number of rotatable bonds is 8. The van der Waals surface area contributed by atoms with Gasteiger partial charge in [-0.2, -0.15) is 0 Å². The van der Waals surface area contributed by atoms with Crippen molar-refractivity contribution in [1.82, 2.24) is 4.90 Å². The van der Waals surface area contributed by atoms with E-state index in [-0.39, 0.29) is 11.7 Å². The van der Waals surface area contributed by atoms with Gasteiger partial charge in [0, 0.05) is 24.3 Å². The van der Waals surface area contributed by atoms with Gasteiger partial charge in [-0.05, 0) is 56.3 Å². The molecule has 3 rings (SSSR count). The number of nitrogens with zero attached hydrogens (tertiary/aromatic N) is 2. The van der Waals surface area contributed by atoms with Crippen molar-refractivity contribution in [1.29, 1.82) is 0 Å². The molecular weight excluding hydrogens is 360 g/mol. The quantitative estimate of drug-likeness (QED) is 0.625. The van der Waals surface area contributed by atoms with Crippen molar-refractivity contribution in [2.75, 3.05) is 45.3 Å². The molecule has 1 aliphatic heterocycles. The number of morpholine rings is 1. The van der Waals surface area contributed by atoms with E-state index in [0.717, 1.165) is 44.0 Å². The lowest BCUT2D eigenvalue weighted by Gasteiger charge is -2.43. The number of ether oxygens (including phenoxy) is 1. The topological polar surface area (TPSA) is 32.8 Å². The van der Waals surface area contributed by atoms with Gasteiger partial charge in [0.25, 0.3) is 0 Å². The maximum Gasteiger partial charge on any atom is 0.183 e. The van der Waals surface area contributed by atoms with Gasteiger partial charge in [-0.25, -0.2) is 0 Å². The second-order valence-corrected chi connectivity index (χ2v) is 8.27. The number of carbonyl (C=O) groups excluding carboxylic acids is 1. The minimum absolute atomic E-state index is 0.203. The van der Waals surface area contributed by atoms with Gasteiger partial charge < -0.3 is 9.64 Å². The molecule has 0 amide bonds. The first-order chi connectivity index (χ1) is 14.0. The molecule has 1 aliphatic rings. The summed E-state index contributed by atoms with van der Waals surface area (Å²) in [6.45, 7) is 7.68. The number of hydrogen-bond donors (Lipinski definition) is 0. The number of Topliss-reactive ketones (excluding diaryl/α,β-unsaturated/α-hetero) is 1. The molecule has 1 fully saturated rings. The van der Waals surface area contributed by atoms with Gasteiger partial charge in [-0.3, -0.25) is 9.69 Å². The highest BCUT2D eigenvalue weighted by molar-refractivity contribution is 6.04. The van der Waals surface area contributed by atoms with Crippen LogP contribution in [0, 0.1) is 5.92 Å². The maximum atomic E-state index is 13.9. The van der Waals surface area contributed by atoms with Gasteiger partial charge in [-0.1, -0.05) is 50.6 Å². The van der Waals surface area contributed by atoms with Crippen LogP contribution in [0.4, 0.5) is 5.69 Å². The Morgan fingerprint density at radius 1 is 1.07 bits per heavy atom. The Labute approximate surface area is 175 Å². The molecule has 156 valence electrons. The van der Waals surface area contributed by atoms with E-state index < -0.39 is 5.54 Å². The third-order valence-corrected chi connectivity index (χ3v) is 6.44. The van der Waals surface area contributed by atoms with Crippen LogP contribution < -0.4 is 4.90 Å². The molecule has 2 atom stereocenters. The smallest absolute Gasteiger partial charge is 0.183 e. The Kier molecular flexibility index (Phi) is 7.09. The van der Waals surface area contributed by atoms with Crippen LogP contribution in [0.15, 0.2) is 54.6 Å². The van der Waals surface area contributed by atoms with E-state index in [9.17, 15) is 4.79 Å². The molecule has 1 heterocycles. The summed E-state index contributed by atoms with van der Waals surface area (Å²) in [5.41, 5.74) is 2.56. The second-order valence-electron chi connectivity index (χ2n) is 8.27. The Morgan fingerprint density at radius 3 is 2.24 bits per heavy atom. The molecule has 0 bridgehead atoms. The van der Waals surface area contributed by atoms with Crippen molar-refractivity contribution in [2.45, 2.75) is 32.2 Å². The van der Waals surface area contributed by atoms with Crippen LogP contribution in [0.3, 0.4) is 0 Å². The standard InChI is InChI=1S/C25H34N2O2/c1-5-20(2)25(26(3)4,19-21-9-7-6-8-10-21)24(28)22-11-13-23(14-12-22)27-15-17-29-18-16-27/h6-14,20H,5,15-19H2,1-4H3. The number of hydrogen-bond acceptors (Lipinski definition) is 4. The normalized spacial score (nSPS) is 17.8. The van der Waals surface area contributed by atoms with Gasteiger partial charge >= 0.3 is 0 Å². The molecule has 4 nitrogen and oxygen atoms in total. The van der Waals surface area contributed by atoms with E-state index >= 15 is 0 Å². The number of carbonyl (C=O) groups is 1. The first kappa shape index (κ1) is 21.5. The number of benzene rings is 2. The molecule has 0 aromatic heterocycles. The van der Waals surface area contributed by atoms with Crippen LogP contribution in [0.5, 0.6) is 0 Å². The third kappa shape index (κ3) is 4.54. The summed E-state index contributed by atoms with van der Waals surface area (Å²) in [5, 5.41) is 0. The summed E-state index contributed by atoms with van der Waals surface area (Å²) in [6, 6.07) is 18.5. The maximum absolute atomic E-state index is 13.9. The fourth-order valence-electron chi connectivity index (χ4n) is 4.42. The number of anilines is 1. The first-order valence-electron chi connectivity index (χ1n) is 10.7. The Hall–Kier alpha value is -2.17. The van der Waals surface area contributed by atoms with E-state index in [2.05, 4.69) is 47.9 Å². The second kappa shape index (κ2) is 9.55. The van der Waals surface area contributed by atoms with Crippen LogP contribution in [0.1, 0.15) is 36.2 Å². The largest absolute Gasteiger partial charge is 0.378 e. The van der Waals surface area contributed by atoms with Crippen LogP contribution in [0.2, 0.25) is 0 Å². The van der Waals surface area contributed by atoms with E-state index in [1.165, 1.54) is 5.56 Å². The number of likely N-dealkylation sites (N-methyl/N-ethyl adjacent to an activating group) is 1. The zero-order valence-corrected chi connectivity index (χ0v) is 18.2. The molecule has 0 radical (unpaired) electrons.